The molecule has 0 aliphatic rings. The Morgan fingerprint density at radius 2 is 1.79 bits per heavy atom. The van der Waals surface area contributed by atoms with Crippen molar-refractivity contribution in [2.45, 2.75) is 46.3 Å². The van der Waals surface area contributed by atoms with Crippen LogP contribution in [0.4, 0.5) is 4.39 Å². The molecule has 0 N–H and O–H groups in total. The van der Waals surface area contributed by atoms with Crippen LogP contribution in [0, 0.1) is 12.7 Å². The summed E-state index contributed by atoms with van der Waals surface area (Å²) >= 11 is 7.30. The Hall–Kier alpha value is -1.92. The van der Waals surface area contributed by atoms with Gasteiger partial charge in [-0.1, -0.05) is 12.1 Å². The Morgan fingerprint density at radius 3 is 2.32 bits per heavy atom. The molecule has 152 valence electrons. The van der Waals surface area contributed by atoms with E-state index in [-0.39, 0.29) is 42.5 Å². The lowest BCUT2D eigenvalue weighted by Gasteiger charge is -2.30. The fraction of sp³-hybridized carbons (Fsp3) is 0.429. The molecule has 0 saturated heterocycles. The number of benzene rings is 1. The van der Waals surface area contributed by atoms with Crippen molar-refractivity contribution in [3.05, 3.63) is 57.5 Å². The van der Waals surface area contributed by atoms with E-state index in [0.717, 1.165) is 16.0 Å². The highest BCUT2D eigenvalue weighted by Gasteiger charge is 2.24. The monoisotopic (exact) mass is 424 g/mol. The quantitative estimate of drug-likeness (QED) is 0.552. The summed E-state index contributed by atoms with van der Waals surface area (Å²) in [5, 5.41) is 2.00. The van der Waals surface area contributed by atoms with E-state index in [1.807, 2.05) is 32.2 Å². The SMILES string of the molecule is Cc1ccsc1CN(Cc1ccc(F)cc1)C(=O)CN(C(=O)CCCl)C(C)C. The number of rotatable bonds is 9. The maximum atomic E-state index is 13.2. The van der Waals surface area contributed by atoms with Gasteiger partial charge in [0.1, 0.15) is 5.82 Å². The molecule has 0 aliphatic heterocycles. The van der Waals surface area contributed by atoms with Crippen molar-refractivity contribution in [1.29, 1.82) is 0 Å². The number of carbonyl (C=O) groups is 2. The molecule has 1 aromatic carbocycles. The Kier molecular flexibility index (Phi) is 8.45. The maximum absolute atomic E-state index is 13.2. The van der Waals surface area contributed by atoms with Crippen molar-refractivity contribution in [3.63, 3.8) is 0 Å². The van der Waals surface area contributed by atoms with Crippen molar-refractivity contribution < 1.29 is 14.0 Å². The van der Waals surface area contributed by atoms with Gasteiger partial charge in [-0.2, -0.15) is 0 Å². The molecular formula is C21H26ClFN2O2S. The fourth-order valence-electron chi connectivity index (χ4n) is 2.81. The number of hydrogen-bond donors (Lipinski definition) is 0. The van der Waals surface area contributed by atoms with Gasteiger partial charge in [-0.15, -0.1) is 22.9 Å². The number of hydrogen-bond acceptors (Lipinski definition) is 3. The number of amides is 2. The molecule has 0 atom stereocenters. The number of halogens is 2. The van der Waals surface area contributed by atoms with Crippen LogP contribution >= 0.6 is 22.9 Å². The molecule has 1 heterocycles. The second-order valence-corrected chi connectivity index (χ2v) is 8.34. The number of aryl methyl sites for hydroxylation is 1. The Labute approximate surface area is 174 Å². The molecule has 28 heavy (non-hydrogen) atoms. The third-order valence-corrected chi connectivity index (χ3v) is 5.70. The minimum absolute atomic E-state index is 0.000986. The zero-order valence-electron chi connectivity index (χ0n) is 16.5. The Morgan fingerprint density at radius 1 is 1.11 bits per heavy atom. The average molecular weight is 425 g/mol. The molecule has 2 amide bonds. The summed E-state index contributed by atoms with van der Waals surface area (Å²) in [6.45, 7) is 6.58. The van der Waals surface area contributed by atoms with Crippen LogP contribution in [-0.2, 0) is 22.7 Å². The minimum Gasteiger partial charge on any atom is -0.332 e. The Bertz CT molecular complexity index is 792. The maximum Gasteiger partial charge on any atom is 0.242 e. The summed E-state index contributed by atoms with van der Waals surface area (Å²) in [6, 6.07) is 8.05. The van der Waals surface area contributed by atoms with Gasteiger partial charge in [-0.3, -0.25) is 9.59 Å². The normalized spacial score (nSPS) is 10.9. The molecule has 0 spiro atoms. The van der Waals surface area contributed by atoms with Gasteiger partial charge in [0.15, 0.2) is 0 Å². The lowest BCUT2D eigenvalue weighted by Crippen LogP contribution is -2.45. The van der Waals surface area contributed by atoms with Gasteiger partial charge < -0.3 is 9.80 Å². The van der Waals surface area contributed by atoms with Gasteiger partial charge in [0.05, 0.1) is 13.1 Å². The smallest absolute Gasteiger partial charge is 0.242 e. The second-order valence-electron chi connectivity index (χ2n) is 6.96. The lowest BCUT2D eigenvalue weighted by atomic mass is 10.2. The first-order valence-corrected chi connectivity index (χ1v) is 10.6. The van der Waals surface area contributed by atoms with E-state index in [0.29, 0.717) is 13.1 Å². The molecule has 2 aromatic rings. The van der Waals surface area contributed by atoms with Crippen LogP contribution in [0.15, 0.2) is 35.7 Å². The largest absolute Gasteiger partial charge is 0.332 e. The van der Waals surface area contributed by atoms with Gasteiger partial charge in [-0.05, 0) is 55.5 Å². The van der Waals surface area contributed by atoms with Crippen molar-refractivity contribution in [1.82, 2.24) is 9.80 Å². The zero-order chi connectivity index (χ0) is 20.7. The molecule has 0 saturated carbocycles. The van der Waals surface area contributed by atoms with Gasteiger partial charge in [0.25, 0.3) is 0 Å². The van der Waals surface area contributed by atoms with Crippen LogP contribution in [0.3, 0.4) is 0 Å². The standard InChI is InChI=1S/C21H26ClFN2O2S/c1-15(2)25(20(26)8-10-22)14-21(27)24(13-19-16(3)9-11-28-19)12-17-4-6-18(23)7-5-17/h4-7,9,11,15H,8,10,12-14H2,1-3H3. The summed E-state index contributed by atoms with van der Waals surface area (Å²) in [6.07, 6.45) is 0.203. The van der Waals surface area contributed by atoms with Gasteiger partial charge in [-0.25, -0.2) is 4.39 Å². The van der Waals surface area contributed by atoms with E-state index in [2.05, 4.69) is 0 Å². The van der Waals surface area contributed by atoms with Crippen molar-refractivity contribution in [3.8, 4) is 0 Å². The summed E-state index contributed by atoms with van der Waals surface area (Å²) in [4.78, 5) is 29.8. The number of carbonyl (C=O) groups excluding carboxylic acids is 2. The summed E-state index contributed by atoms with van der Waals surface area (Å²) in [5.41, 5.74) is 1.97. The van der Waals surface area contributed by atoms with E-state index in [9.17, 15) is 14.0 Å². The molecule has 7 heteroatoms. The third-order valence-electron chi connectivity index (χ3n) is 4.50. The topological polar surface area (TPSA) is 40.6 Å². The van der Waals surface area contributed by atoms with Crippen LogP contribution in [0.5, 0.6) is 0 Å². The highest BCUT2D eigenvalue weighted by atomic mass is 35.5. The predicted molar refractivity (Wildman–Crippen MR) is 112 cm³/mol. The molecular weight excluding hydrogens is 399 g/mol. The Balaban J connectivity index is 2.20. The summed E-state index contributed by atoms with van der Waals surface area (Å²) in [5.74, 6) is -0.362. The first-order valence-electron chi connectivity index (χ1n) is 9.22. The van der Waals surface area contributed by atoms with E-state index < -0.39 is 0 Å². The molecule has 0 aliphatic carbocycles. The summed E-state index contributed by atoms with van der Waals surface area (Å²) < 4.78 is 13.2. The van der Waals surface area contributed by atoms with Crippen molar-refractivity contribution in [2.24, 2.45) is 0 Å². The van der Waals surface area contributed by atoms with Crippen LogP contribution in [0.1, 0.15) is 36.3 Å². The number of thiophene rings is 1. The van der Waals surface area contributed by atoms with Gasteiger partial charge in [0, 0.05) is 29.8 Å². The third kappa shape index (κ3) is 6.31. The second kappa shape index (κ2) is 10.6. The molecule has 0 unspecified atom stereocenters. The highest BCUT2D eigenvalue weighted by molar-refractivity contribution is 7.10. The molecule has 0 fully saturated rings. The molecule has 0 bridgehead atoms. The van der Waals surface area contributed by atoms with E-state index in [1.54, 1.807) is 33.3 Å². The first kappa shape index (κ1) is 22.4. The average Bonchev–Trinajstić information content (AvgIpc) is 3.05. The van der Waals surface area contributed by atoms with Crippen LogP contribution in [0.2, 0.25) is 0 Å². The van der Waals surface area contributed by atoms with E-state index >= 15 is 0 Å². The van der Waals surface area contributed by atoms with Crippen LogP contribution < -0.4 is 0 Å². The zero-order valence-corrected chi connectivity index (χ0v) is 18.0. The van der Waals surface area contributed by atoms with Crippen LogP contribution in [-0.4, -0.2) is 40.1 Å². The van der Waals surface area contributed by atoms with E-state index in [4.69, 9.17) is 11.6 Å². The molecule has 4 nitrogen and oxygen atoms in total. The highest BCUT2D eigenvalue weighted by Crippen LogP contribution is 2.20. The molecule has 1 aromatic heterocycles. The van der Waals surface area contributed by atoms with Gasteiger partial charge >= 0.3 is 0 Å². The lowest BCUT2D eigenvalue weighted by molar-refractivity contribution is -0.142. The fourth-order valence-corrected chi connectivity index (χ4v) is 3.89. The van der Waals surface area contributed by atoms with E-state index in [1.165, 1.54) is 12.1 Å². The predicted octanol–water partition coefficient (Wildman–Crippen LogP) is 4.59. The molecule has 0 radical (unpaired) electrons. The molecule has 2 rings (SSSR count). The van der Waals surface area contributed by atoms with Gasteiger partial charge in [0.2, 0.25) is 11.8 Å². The summed E-state index contributed by atoms with van der Waals surface area (Å²) in [7, 11) is 0. The van der Waals surface area contributed by atoms with Crippen LogP contribution in [0.25, 0.3) is 0 Å². The van der Waals surface area contributed by atoms with Crippen molar-refractivity contribution >= 4 is 34.8 Å². The number of alkyl halides is 1. The number of nitrogens with zero attached hydrogens (tertiary/aromatic N) is 2. The van der Waals surface area contributed by atoms with Crippen molar-refractivity contribution in [2.75, 3.05) is 12.4 Å². The first-order chi connectivity index (χ1) is 13.3. The minimum atomic E-state index is -0.312.